The van der Waals surface area contributed by atoms with Crippen molar-refractivity contribution in [1.82, 2.24) is 20.4 Å². The van der Waals surface area contributed by atoms with Gasteiger partial charge in [-0.15, -0.1) is 17.9 Å². The number of amides is 2. The lowest BCUT2D eigenvalue weighted by Crippen LogP contribution is -2.46. The first-order chi connectivity index (χ1) is 13.6. The molecule has 2 amide bonds. The molecule has 1 aliphatic heterocycles. The molecular formula is C20H17ClN4O2S. The number of benzene rings is 1. The van der Waals surface area contributed by atoms with Gasteiger partial charge in [-0.2, -0.15) is 4.98 Å². The van der Waals surface area contributed by atoms with E-state index in [2.05, 4.69) is 22.0 Å². The SMILES string of the molecule is C=CCN1C(=O)NC(c2ccc(Cl)cc2)C(c2nc(-c3cccs3)no2)=C1C. The fourth-order valence-corrected chi connectivity index (χ4v) is 3.93. The van der Waals surface area contributed by atoms with Crippen LogP contribution in [0.3, 0.4) is 0 Å². The van der Waals surface area contributed by atoms with Crippen molar-refractivity contribution in [3.63, 3.8) is 0 Å². The van der Waals surface area contributed by atoms with Gasteiger partial charge in [-0.1, -0.05) is 41.0 Å². The zero-order chi connectivity index (χ0) is 19.7. The lowest BCUT2D eigenvalue weighted by molar-refractivity contribution is 0.209. The van der Waals surface area contributed by atoms with Crippen LogP contribution in [0.1, 0.15) is 24.4 Å². The predicted octanol–water partition coefficient (Wildman–Crippen LogP) is 5.14. The number of hydrogen-bond donors (Lipinski definition) is 1. The van der Waals surface area contributed by atoms with Gasteiger partial charge in [0, 0.05) is 17.3 Å². The van der Waals surface area contributed by atoms with Crippen molar-refractivity contribution in [1.29, 1.82) is 0 Å². The maximum atomic E-state index is 12.7. The van der Waals surface area contributed by atoms with Crippen molar-refractivity contribution in [2.75, 3.05) is 6.54 Å². The third kappa shape index (κ3) is 3.34. The van der Waals surface area contributed by atoms with E-state index in [4.69, 9.17) is 16.1 Å². The van der Waals surface area contributed by atoms with Crippen LogP contribution in [-0.2, 0) is 0 Å². The van der Waals surface area contributed by atoms with E-state index in [0.717, 1.165) is 21.7 Å². The summed E-state index contributed by atoms with van der Waals surface area (Å²) in [6.45, 7) is 5.98. The van der Waals surface area contributed by atoms with Crippen LogP contribution in [0.4, 0.5) is 4.79 Å². The van der Waals surface area contributed by atoms with Gasteiger partial charge in [-0.3, -0.25) is 4.90 Å². The first-order valence-corrected chi connectivity index (χ1v) is 9.87. The van der Waals surface area contributed by atoms with Crippen LogP contribution >= 0.6 is 22.9 Å². The second kappa shape index (κ2) is 7.61. The van der Waals surface area contributed by atoms with Crippen molar-refractivity contribution in [2.45, 2.75) is 13.0 Å². The van der Waals surface area contributed by atoms with Gasteiger partial charge in [0.2, 0.25) is 5.82 Å². The van der Waals surface area contributed by atoms with E-state index in [1.165, 1.54) is 11.3 Å². The van der Waals surface area contributed by atoms with Crippen LogP contribution in [0.25, 0.3) is 16.3 Å². The third-order valence-electron chi connectivity index (χ3n) is 4.51. The third-order valence-corrected chi connectivity index (χ3v) is 5.63. The highest BCUT2D eigenvalue weighted by Crippen LogP contribution is 2.37. The predicted molar refractivity (Wildman–Crippen MR) is 110 cm³/mol. The summed E-state index contributed by atoms with van der Waals surface area (Å²) in [5.41, 5.74) is 2.37. The number of aromatic nitrogens is 2. The minimum absolute atomic E-state index is 0.209. The molecule has 1 aromatic carbocycles. The topological polar surface area (TPSA) is 71.3 Å². The summed E-state index contributed by atoms with van der Waals surface area (Å²) in [6, 6.07) is 10.6. The van der Waals surface area contributed by atoms with E-state index in [-0.39, 0.29) is 6.03 Å². The second-order valence-corrected chi connectivity index (χ2v) is 7.62. The van der Waals surface area contributed by atoms with Gasteiger partial charge in [0.15, 0.2) is 0 Å². The largest absolute Gasteiger partial charge is 0.334 e. The molecule has 1 aliphatic rings. The molecule has 142 valence electrons. The van der Waals surface area contributed by atoms with Crippen LogP contribution in [0, 0.1) is 0 Å². The smallest absolute Gasteiger partial charge is 0.322 e. The Balaban J connectivity index is 1.83. The molecular weight excluding hydrogens is 396 g/mol. The van der Waals surface area contributed by atoms with Crippen molar-refractivity contribution >= 4 is 34.5 Å². The standard InChI is InChI=1S/C20H17ClN4O2S/c1-3-10-25-12(2)16(19-23-18(24-27-19)15-5-4-11-28-15)17(22-20(25)26)13-6-8-14(21)9-7-13/h3-9,11,17H,1,10H2,2H3,(H,22,26). The molecule has 1 N–H and O–H groups in total. The lowest BCUT2D eigenvalue weighted by atomic mass is 9.95. The molecule has 0 bridgehead atoms. The number of allylic oxidation sites excluding steroid dienone is 1. The number of hydrogen-bond acceptors (Lipinski definition) is 5. The fourth-order valence-electron chi connectivity index (χ4n) is 3.15. The zero-order valence-electron chi connectivity index (χ0n) is 15.1. The van der Waals surface area contributed by atoms with Crippen LogP contribution in [0.5, 0.6) is 0 Å². The molecule has 3 heterocycles. The number of rotatable bonds is 5. The second-order valence-electron chi connectivity index (χ2n) is 6.23. The quantitative estimate of drug-likeness (QED) is 0.589. The van der Waals surface area contributed by atoms with Gasteiger partial charge < -0.3 is 9.84 Å². The Hall–Kier alpha value is -2.90. The summed E-state index contributed by atoms with van der Waals surface area (Å²) >= 11 is 7.56. The number of nitrogens with one attached hydrogen (secondary N) is 1. The summed E-state index contributed by atoms with van der Waals surface area (Å²) in [4.78, 5) is 19.8. The Morgan fingerprint density at radius 1 is 1.36 bits per heavy atom. The Labute approximate surface area is 171 Å². The van der Waals surface area contributed by atoms with Crippen LogP contribution in [0.15, 0.2) is 64.7 Å². The fraction of sp³-hybridized carbons (Fsp3) is 0.150. The number of nitrogens with zero attached hydrogens (tertiary/aromatic N) is 3. The first-order valence-electron chi connectivity index (χ1n) is 8.61. The summed E-state index contributed by atoms with van der Waals surface area (Å²) in [7, 11) is 0. The van der Waals surface area contributed by atoms with Crippen molar-refractivity contribution in [3.8, 4) is 10.7 Å². The Morgan fingerprint density at radius 2 is 2.14 bits per heavy atom. The minimum Gasteiger partial charge on any atom is -0.334 e. The summed E-state index contributed by atoms with van der Waals surface area (Å²) in [5, 5.41) is 9.72. The molecule has 0 saturated heterocycles. The monoisotopic (exact) mass is 412 g/mol. The first kappa shape index (κ1) is 18.5. The Kier molecular flexibility index (Phi) is 5.02. The molecule has 3 aromatic rings. The van der Waals surface area contributed by atoms with Gasteiger partial charge in [0.25, 0.3) is 5.89 Å². The zero-order valence-corrected chi connectivity index (χ0v) is 16.6. The van der Waals surface area contributed by atoms with E-state index >= 15 is 0 Å². The summed E-state index contributed by atoms with van der Waals surface area (Å²) in [6.07, 6.45) is 1.67. The minimum atomic E-state index is -0.428. The van der Waals surface area contributed by atoms with Gasteiger partial charge >= 0.3 is 6.03 Å². The summed E-state index contributed by atoms with van der Waals surface area (Å²) in [5.74, 6) is 0.891. The Bertz CT molecular complexity index is 1040. The van der Waals surface area contributed by atoms with Gasteiger partial charge in [0.1, 0.15) is 0 Å². The highest BCUT2D eigenvalue weighted by molar-refractivity contribution is 7.13. The van der Waals surface area contributed by atoms with Gasteiger partial charge in [-0.05, 0) is 36.1 Å². The number of thiophene rings is 1. The van der Waals surface area contributed by atoms with E-state index in [0.29, 0.717) is 23.3 Å². The molecule has 0 saturated carbocycles. The molecule has 1 unspecified atom stereocenters. The highest BCUT2D eigenvalue weighted by Gasteiger charge is 2.35. The number of urea groups is 1. The number of carbonyl (C=O) groups excluding carboxylic acids is 1. The van der Waals surface area contributed by atoms with Crippen molar-refractivity contribution in [3.05, 3.63) is 76.6 Å². The molecule has 2 aromatic heterocycles. The van der Waals surface area contributed by atoms with E-state index < -0.39 is 6.04 Å². The summed E-state index contributed by atoms with van der Waals surface area (Å²) < 4.78 is 5.59. The number of halogens is 1. The number of carbonyl (C=O) groups is 1. The molecule has 6 nitrogen and oxygen atoms in total. The normalized spacial score (nSPS) is 17.0. The maximum absolute atomic E-state index is 12.7. The molecule has 1 atom stereocenters. The lowest BCUT2D eigenvalue weighted by Gasteiger charge is -2.34. The van der Waals surface area contributed by atoms with Crippen LogP contribution in [0.2, 0.25) is 5.02 Å². The average Bonchev–Trinajstić information content (AvgIpc) is 3.37. The van der Waals surface area contributed by atoms with Crippen LogP contribution in [-0.4, -0.2) is 27.6 Å². The van der Waals surface area contributed by atoms with E-state index in [9.17, 15) is 4.79 Å². The van der Waals surface area contributed by atoms with E-state index in [1.807, 2.05) is 36.6 Å². The van der Waals surface area contributed by atoms with Crippen LogP contribution < -0.4 is 5.32 Å². The van der Waals surface area contributed by atoms with Gasteiger partial charge in [-0.25, -0.2) is 4.79 Å². The highest BCUT2D eigenvalue weighted by atomic mass is 35.5. The molecule has 0 spiro atoms. The molecule has 0 fully saturated rings. The van der Waals surface area contributed by atoms with Crippen molar-refractivity contribution < 1.29 is 9.32 Å². The molecule has 28 heavy (non-hydrogen) atoms. The molecule has 0 radical (unpaired) electrons. The van der Waals surface area contributed by atoms with Gasteiger partial charge in [0.05, 0.1) is 16.5 Å². The average molecular weight is 413 g/mol. The molecule has 8 heteroatoms. The molecule has 0 aliphatic carbocycles. The van der Waals surface area contributed by atoms with E-state index in [1.54, 1.807) is 23.1 Å². The van der Waals surface area contributed by atoms with Crippen molar-refractivity contribution in [2.24, 2.45) is 0 Å². The Morgan fingerprint density at radius 3 is 2.82 bits per heavy atom. The molecule has 4 rings (SSSR count). The maximum Gasteiger partial charge on any atom is 0.322 e.